The second kappa shape index (κ2) is 50.0. The second-order valence-corrected chi connectivity index (χ2v) is 17.4. The molecule has 354 valence electrons. The van der Waals surface area contributed by atoms with Crippen LogP contribution in [0.1, 0.15) is 265 Å². The first kappa shape index (κ1) is 58.4. The van der Waals surface area contributed by atoms with Gasteiger partial charge in [-0.2, -0.15) is 0 Å². The van der Waals surface area contributed by atoms with Crippen LogP contribution in [-0.4, -0.2) is 37.2 Å². The van der Waals surface area contributed by atoms with E-state index in [2.05, 4.69) is 69.4 Å². The standard InChI is InChI=1S/C55H98O6/c1-4-7-10-13-16-19-22-25-28-31-33-36-39-42-45-48-54(57)60-51-52(61-55(58)49-46-43-40-37-34-30-27-24-21-18-15-12-9-6-3)50-59-53(56)47-44-41-38-35-32-29-26-23-20-17-14-11-8-5-2/h9,12,16,18-19,21-22,25,52H,4-8,10-11,13-15,17,20,23-24,26-51H2,1-3H3/b12-9-,19-16-,21-18-,25-22-. The highest BCUT2D eigenvalue weighted by Crippen LogP contribution is 2.15. The summed E-state index contributed by atoms with van der Waals surface area (Å²) in [5, 5.41) is 0. The van der Waals surface area contributed by atoms with Crippen LogP contribution in [0.25, 0.3) is 0 Å². The number of carbonyl (C=O) groups is 3. The first-order valence-corrected chi connectivity index (χ1v) is 26.2. The summed E-state index contributed by atoms with van der Waals surface area (Å²) in [7, 11) is 0. The Morgan fingerprint density at radius 2 is 0.689 bits per heavy atom. The molecule has 61 heavy (non-hydrogen) atoms. The molecule has 0 fully saturated rings. The molecule has 6 heteroatoms. The highest BCUT2D eigenvalue weighted by atomic mass is 16.6. The lowest BCUT2D eigenvalue weighted by atomic mass is 10.0. The molecule has 0 saturated carbocycles. The molecule has 0 saturated heterocycles. The smallest absolute Gasteiger partial charge is 0.306 e. The van der Waals surface area contributed by atoms with E-state index in [0.29, 0.717) is 19.3 Å². The summed E-state index contributed by atoms with van der Waals surface area (Å²) in [4.78, 5) is 38.0. The summed E-state index contributed by atoms with van der Waals surface area (Å²) in [6.45, 7) is 6.50. The van der Waals surface area contributed by atoms with E-state index in [1.165, 1.54) is 141 Å². The average Bonchev–Trinajstić information content (AvgIpc) is 3.26. The summed E-state index contributed by atoms with van der Waals surface area (Å²) >= 11 is 0. The summed E-state index contributed by atoms with van der Waals surface area (Å²) in [5.74, 6) is -0.890. The largest absolute Gasteiger partial charge is 0.462 e. The first-order valence-electron chi connectivity index (χ1n) is 26.2. The summed E-state index contributed by atoms with van der Waals surface area (Å²) < 4.78 is 16.8. The Kier molecular flexibility index (Phi) is 47.9. The number of esters is 3. The molecule has 0 aromatic rings. The second-order valence-electron chi connectivity index (χ2n) is 17.4. The Labute approximate surface area is 378 Å². The Hall–Kier alpha value is -2.63. The number of allylic oxidation sites excluding steroid dienone is 8. The van der Waals surface area contributed by atoms with Crippen LogP contribution in [0.5, 0.6) is 0 Å². The van der Waals surface area contributed by atoms with Crippen molar-refractivity contribution in [2.24, 2.45) is 0 Å². The molecule has 0 aliphatic heterocycles. The Balaban J connectivity index is 4.38. The number of hydrogen-bond acceptors (Lipinski definition) is 6. The van der Waals surface area contributed by atoms with Crippen LogP contribution in [-0.2, 0) is 28.6 Å². The normalized spacial score (nSPS) is 12.4. The molecule has 0 aliphatic rings. The zero-order valence-electron chi connectivity index (χ0n) is 40.4. The molecule has 0 aliphatic carbocycles. The van der Waals surface area contributed by atoms with Crippen LogP contribution in [0.4, 0.5) is 0 Å². The molecule has 6 nitrogen and oxygen atoms in total. The van der Waals surface area contributed by atoms with Crippen molar-refractivity contribution < 1.29 is 28.6 Å². The third-order valence-electron chi connectivity index (χ3n) is 11.3. The van der Waals surface area contributed by atoms with Crippen molar-refractivity contribution in [1.82, 2.24) is 0 Å². The van der Waals surface area contributed by atoms with E-state index in [4.69, 9.17) is 14.2 Å². The zero-order valence-corrected chi connectivity index (χ0v) is 40.4. The van der Waals surface area contributed by atoms with Gasteiger partial charge in [-0.3, -0.25) is 14.4 Å². The van der Waals surface area contributed by atoms with Gasteiger partial charge in [0, 0.05) is 19.3 Å². The lowest BCUT2D eigenvalue weighted by molar-refractivity contribution is -0.167. The molecule has 0 radical (unpaired) electrons. The molecule has 0 amide bonds. The number of unbranched alkanes of at least 4 members (excludes halogenated alkanes) is 29. The third kappa shape index (κ3) is 48.3. The van der Waals surface area contributed by atoms with Crippen molar-refractivity contribution in [3.63, 3.8) is 0 Å². The van der Waals surface area contributed by atoms with Crippen molar-refractivity contribution in [3.8, 4) is 0 Å². The fraction of sp³-hybridized carbons (Fsp3) is 0.800. The Bertz CT molecular complexity index is 1070. The van der Waals surface area contributed by atoms with Crippen LogP contribution in [0.15, 0.2) is 48.6 Å². The molecular formula is C55H98O6. The van der Waals surface area contributed by atoms with Crippen molar-refractivity contribution in [3.05, 3.63) is 48.6 Å². The van der Waals surface area contributed by atoms with Gasteiger partial charge >= 0.3 is 17.9 Å². The fourth-order valence-corrected chi connectivity index (χ4v) is 7.41. The van der Waals surface area contributed by atoms with E-state index in [0.717, 1.165) is 83.5 Å². The molecular weight excluding hydrogens is 757 g/mol. The maximum absolute atomic E-state index is 12.8. The fourth-order valence-electron chi connectivity index (χ4n) is 7.41. The van der Waals surface area contributed by atoms with E-state index < -0.39 is 6.10 Å². The van der Waals surface area contributed by atoms with Gasteiger partial charge in [-0.1, -0.05) is 223 Å². The van der Waals surface area contributed by atoms with E-state index in [1.54, 1.807) is 0 Å². The molecule has 1 atom stereocenters. The third-order valence-corrected chi connectivity index (χ3v) is 11.3. The van der Waals surface area contributed by atoms with Crippen molar-refractivity contribution in [1.29, 1.82) is 0 Å². The van der Waals surface area contributed by atoms with Gasteiger partial charge in [0.05, 0.1) is 0 Å². The monoisotopic (exact) mass is 855 g/mol. The van der Waals surface area contributed by atoms with Crippen molar-refractivity contribution in [2.75, 3.05) is 13.2 Å². The van der Waals surface area contributed by atoms with E-state index in [9.17, 15) is 14.4 Å². The topological polar surface area (TPSA) is 78.9 Å². The van der Waals surface area contributed by atoms with Crippen molar-refractivity contribution >= 4 is 17.9 Å². The minimum Gasteiger partial charge on any atom is -0.462 e. The maximum Gasteiger partial charge on any atom is 0.306 e. The molecule has 0 rings (SSSR count). The molecule has 0 spiro atoms. The van der Waals surface area contributed by atoms with E-state index in [-0.39, 0.29) is 31.1 Å². The average molecular weight is 855 g/mol. The van der Waals surface area contributed by atoms with Gasteiger partial charge in [-0.05, 0) is 70.6 Å². The summed E-state index contributed by atoms with van der Waals surface area (Å²) in [6.07, 6.45) is 59.4. The van der Waals surface area contributed by atoms with Gasteiger partial charge in [0.15, 0.2) is 6.10 Å². The molecule has 0 heterocycles. The van der Waals surface area contributed by atoms with E-state index in [1.807, 2.05) is 0 Å². The van der Waals surface area contributed by atoms with Gasteiger partial charge in [0.25, 0.3) is 0 Å². The molecule has 0 aromatic heterocycles. The maximum atomic E-state index is 12.8. The van der Waals surface area contributed by atoms with E-state index >= 15 is 0 Å². The van der Waals surface area contributed by atoms with Crippen molar-refractivity contribution in [2.45, 2.75) is 271 Å². The molecule has 1 unspecified atom stereocenters. The van der Waals surface area contributed by atoms with Crippen LogP contribution in [0, 0.1) is 0 Å². The lowest BCUT2D eigenvalue weighted by Crippen LogP contribution is -2.30. The summed E-state index contributed by atoms with van der Waals surface area (Å²) in [5.41, 5.74) is 0. The van der Waals surface area contributed by atoms with Crippen LogP contribution < -0.4 is 0 Å². The number of ether oxygens (including phenoxy) is 3. The van der Waals surface area contributed by atoms with Gasteiger partial charge in [0.1, 0.15) is 13.2 Å². The van der Waals surface area contributed by atoms with Gasteiger partial charge in [0.2, 0.25) is 0 Å². The first-order chi connectivity index (χ1) is 30.0. The molecule has 0 bridgehead atoms. The highest BCUT2D eigenvalue weighted by molar-refractivity contribution is 5.71. The Morgan fingerprint density at radius 3 is 1.11 bits per heavy atom. The predicted molar refractivity (Wildman–Crippen MR) is 261 cm³/mol. The van der Waals surface area contributed by atoms with Crippen LogP contribution >= 0.6 is 0 Å². The van der Waals surface area contributed by atoms with Gasteiger partial charge in [-0.25, -0.2) is 0 Å². The summed E-state index contributed by atoms with van der Waals surface area (Å²) in [6, 6.07) is 0. The number of carbonyl (C=O) groups excluding carboxylic acids is 3. The number of rotatable bonds is 47. The lowest BCUT2D eigenvalue weighted by Gasteiger charge is -2.18. The predicted octanol–water partition coefficient (Wildman–Crippen LogP) is 17.1. The van der Waals surface area contributed by atoms with Crippen LogP contribution in [0.3, 0.4) is 0 Å². The highest BCUT2D eigenvalue weighted by Gasteiger charge is 2.19. The van der Waals surface area contributed by atoms with Crippen LogP contribution in [0.2, 0.25) is 0 Å². The quantitative estimate of drug-likeness (QED) is 0.0199. The zero-order chi connectivity index (χ0) is 44.4. The molecule has 0 aromatic carbocycles. The minimum atomic E-state index is -0.779. The Morgan fingerprint density at radius 1 is 0.361 bits per heavy atom. The molecule has 0 N–H and O–H groups in total. The van der Waals surface area contributed by atoms with Gasteiger partial charge in [-0.15, -0.1) is 0 Å². The SMILES string of the molecule is CC/C=C\C/C=C\CCCCCCCCCC(=O)OC(COC(=O)CCCCCCCC/C=C\C=C/CCCCC)COC(=O)CCCCCCCCCCCCCCCC. The van der Waals surface area contributed by atoms with Gasteiger partial charge < -0.3 is 14.2 Å². The number of hydrogen-bond donors (Lipinski definition) is 0. The minimum absolute atomic E-state index is 0.0779.